The molecule has 0 aromatic heterocycles. The third-order valence-electron chi connectivity index (χ3n) is 3.64. The van der Waals surface area contributed by atoms with Gasteiger partial charge in [0, 0.05) is 17.6 Å². The van der Waals surface area contributed by atoms with Crippen LogP contribution in [0.1, 0.15) is 45.7 Å². The van der Waals surface area contributed by atoms with Crippen LogP contribution in [0.25, 0.3) is 0 Å². The number of ether oxygens (including phenoxy) is 1. The lowest BCUT2D eigenvalue weighted by atomic mass is 10.0. The lowest BCUT2D eigenvalue weighted by Crippen LogP contribution is -2.39. The number of rotatable bonds is 8. The summed E-state index contributed by atoms with van der Waals surface area (Å²) in [7, 11) is 0. The molecule has 2 atom stereocenters. The first-order chi connectivity index (χ1) is 9.51. The van der Waals surface area contributed by atoms with Crippen LogP contribution in [-0.2, 0) is 4.79 Å². The zero-order chi connectivity index (χ0) is 15.1. The van der Waals surface area contributed by atoms with Crippen LogP contribution in [0.4, 0.5) is 0 Å². The van der Waals surface area contributed by atoms with Crippen molar-refractivity contribution in [3.63, 3.8) is 0 Å². The van der Waals surface area contributed by atoms with E-state index in [0.29, 0.717) is 6.61 Å². The van der Waals surface area contributed by atoms with Gasteiger partial charge in [-0.3, -0.25) is 9.69 Å². The zero-order valence-corrected chi connectivity index (χ0v) is 12.8. The first kappa shape index (κ1) is 16.5. The molecule has 4 nitrogen and oxygen atoms in total. The van der Waals surface area contributed by atoms with Crippen molar-refractivity contribution in [3.05, 3.63) is 29.8 Å². The summed E-state index contributed by atoms with van der Waals surface area (Å²) in [6, 6.07) is 8.05. The van der Waals surface area contributed by atoms with Crippen LogP contribution in [0.3, 0.4) is 0 Å². The summed E-state index contributed by atoms with van der Waals surface area (Å²) in [5, 5.41) is 9.12. The van der Waals surface area contributed by atoms with Gasteiger partial charge in [-0.1, -0.05) is 25.1 Å². The van der Waals surface area contributed by atoms with Crippen LogP contribution in [-0.4, -0.2) is 35.2 Å². The van der Waals surface area contributed by atoms with Crippen molar-refractivity contribution in [1.82, 2.24) is 4.90 Å². The number of aliphatic carboxylic acids is 1. The Morgan fingerprint density at radius 2 is 1.95 bits per heavy atom. The predicted molar refractivity (Wildman–Crippen MR) is 80.1 cm³/mol. The molecule has 0 aliphatic rings. The van der Waals surface area contributed by atoms with Gasteiger partial charge in [-0.15, -0.1) is 0 Å². The monoisotopic (exact) mass is 279 g/mol. The summed E-state index contributed by atoms with van der Waals surface area (Å²) >= 11 is 0. The Bertz CT molecular complexity index is 433. The number of carbonyl (C=O) groups is 1. The van der Waals surface area contributed by atoms with Crippen LogP contribution in [0.2, 0.25) is 0 Å². The molecule has 1 aromatic rings. The van der Waals surface area contributed by atoms with Gasteiger partial charge < -0.3 is 9.84 Å². The minimum atomic E-state index is -0.800. The molecule has 0 heterocycles. The number of hydrogen-bond donors (Lipinski definition) is 1. The smallest absolute Gasteiger partial charge is 0.317 e. The van der Waals surface area contributed by atoms with E-state index >= 15 is 0 Å². The number of para-hydroxylation sites is 1. The van der Waals surface area contributed by atoms with E-state index in [1.165, 1.54) is 0 Å². The van der Waals surface area contributed by atoms with E-state index < -0.39 is 5.97 Å². The van der Waals surface area contributed by atoms with E-state index in [0.717, 1.165) is 17.7 Å². The predicted octanol–water partition coefficient (Wildman–Crippen LogP) is 3.33. The fourth-order valence-corrected chi connectivity index (χ4v) is 2.36. The zero-order valence-electron chi connectivity index (χ0n) is 12.8. The second kappa shape index (κ2) is 7.90. The quantitative estimate of drug-likeness (QED) is 0.793. The molecular formula is C16H25NO3. The average molecular weight is 279 g/mol. The van der Waals surface area contributed by atoms with E-state index in [2.05, 4.69) is 13.8 Å². The van der Waals surface area contributed by atoms with Crippen molar-refractivity contribution >= 4 is 5.97 Å². The van der Waals surface area contributed by atoms with Crippen LogP contribution in [0.5, 0.6) is 5.75 Å². The molecule has 4 heteroatoms. The third-order valence-corrected chi connectivity index (χ3v) is 3.64. The van der Waals surface area contributed by atoms with Gasteiger partial charge in [0.2, 0.25) is 0 Å². The second-order valence-electron chi connectivity index (χ2n) is 4.97. The van der Waals surface area contributed by atoms with E-state index in [1.54, 1.807) is 0 Å². The molecular weight excluding hydrogens is 254 g/mol. The first-order valence-electron chi connectivity index (χ1n) is 7.20. The Balaban J connectivity index is 3.04. The average Bonchev–Trinajstić information content (AvgIpc) is 2.44. The molecule has 2 unspecified atom stereocenters. The maximum Gasteiger partial charge on any atom is 0.317 e. The first-order valence-corrected chi connectivity index (χ1v) is 7.20. The van der Waals surface area contributed by atoms with Crippen molar-refractivity contribution in [2.45, 2.75) is 46.2 Å². The number of carboxylic acid groups (broad SMARTS) is 1. The summed E-state index contributed by atoms with van der Waals surface area (Å²) in [6.45, 7) is 8.75. The molecule has 0 fully saturated rings. The van der Waals surface area contributed by atoms with E-state index in [1.807, 2.05) is 43.0 Å². The van der Waals surface area contributed by atoms with Gasteiger partial charge in [0.25, 0.3) is 0 Å². The maximum atomic E-state index is 11.1. The van der Waals surface area contributed by atoms with Crippen molar-refractivity contribution in [3.8, 4) is 5.75 Å². The van der Waals surface area contributed by atoms with Gasteiger partial charge in [-0.05, 0) is 33.3 Å². The molecule has 20 heavy (non-hydrogen) atoms. The number of nitrogens with zero attached hydrogens (tertiary/aromatic N) is 1. The Morgan fingerprint density at radius 1 is 1.30 bits per heavy atom. The lowest BCUT2D eigenvalue weighted by Gasteiger charge is -2.33. The molecule has 0 spiro atoms. The SMILES string of the molecule is CCOc1ccccc1C(C)N(CC(=O)O)C(C)CC. The topological polar surface area (TPSA) is 49.8 Å². The Labute approximate surface area is 121 Å². The number of carboxylic acids is 1. The highest BCUT2D eigenvalue weighted by Gasteiger charge is 2.24. The van der Waals surface area contributed by atoms with E-state index in [9.17, 15) is 4.79 Å². The van der Waals surface area contributed by atoms with Crippen molar-refractivity contribution in [2.75, 3.05) is 13.2 Å². The van der Waals surface area contributed by atoms with Gasteiger partial charge in [-0.2, -0.15) is 0 Å². The summed E-state index contributed by atoms with van der Waals surface area (Å²) in [5.74, 6) is 0.0345. The van der Waals surface area contributed by atoms with Gasteiger partial charge in [-0.25, -0.2) is 0 Å². The molecule has 0 saturated carbocycles. The minimum Gasteiger partial charge on any atom is -0.494 e. The molecule has 1 aromatic carbocycles. The summed E-state index contributed by atoms with van der Waals surface area (Å²) in [5.41, 5.74) is 1.04. The second-order valence-corrected chi connectivity index (χ2v) is 4.97. The van der Waals surface area contributed by atoms with Crippen molar-refractivity contribution in [2.24, 2.45) is 0 Å². The van der Waals surface area contributed by atoms with Gasteiger partial charge in [0.15, 0.2) is 0 Å². The van der Waals surface area contributed by atoms with Crippen LogP contribution < -0.4 is 4.74 Å². The molecule has 0 aliphatic carbocycles. The van der Waals surface area contributed by atoms with Crippen molar-refractivity contribution < 1.29 is 14.6 Å². The molecule has 0 saturated heterocycles. The summed E-state index contributed by atoms with van der Waals surface area (Å²) < 4.78 is 5.65. The molecule has 1 rings (SSSR count). The maximum absolute atomic E-state index is 11.1. The Hall–Kier alpha value is -1.55. The Morgan fingerprint density at radius 3 is 2.50 bits per heavy atom. The normalized spacial score (nSPS) is 14.1. The summed E-state index contributed by atoms with van der Waals surface area (Å²) in [4.78, 5) is 13.1. The lowest BCUT2D eigenvalue weighted by molar-refractivity contribution is -0.139. The highest BCUT2D eigenvalue weighted by atomic mass is 16.5. The highest BCUT2D eigenvalue weighted by Crippen LogP contribution is 2.30. The fourth-order valence-electron chi connectivity index (χ4n) is 2.36. The number of benzene rings is 1. The number of hydrogen-bond acceptors (Lipinski definition) is 3. The fraction of sp³-hybridized carbons (Fsp3) is 0.562. The van der Waals surface area contributed by atoms with Gasteiger partial charge >= 0.3 is 5.97 Å². The standard InChI is InChI=1S/C16H25NO3/c1-5-12(3)17(11-16(18)19)13(4)14-9-7-8-10-15(14)20-6-2/h7-10,12-13H,5-6,11H2,1-4H3,(H,18,19). The van der Waals surface area contributed by atoms with E-state index in [4.69, 9.17) is 9.84 Å². The molecule has 0 radical (unpaired) electrons. The van der Waals surface area contributed by atoms with Crippen LogP contribution in [0.15, 0.2) is 24.3 Å². The Kier molecular flexibility index (Phi) is 6.52. The van der Waals surface area contributed by atoms with E-state index in [-0.39, 0.29) is 18.6 Å². The van der Waals surface area contributed by atoms with Crippen LogP contribution in [0, 0.1) is 0 Å². The van der Waals surface area contributed by atoms with Gasteiger partial charge in [0.05, 0.1) is 13.2 Å². The minimum absolute atomic E-state index is 0.00352. The van der Waals surface area contributed by atoms with Gasteiger partial charge in [0.1, 0.15) is 5.75 Å². The molecule has 112 valence electrons. The molecule has 0 bridgehead atoms. The molecule has 0 amide bonds. The third kappa shape index (κ3) is 4.23. The largest absolute Gasteiger partial charge is 0.494 e. The molecule has 1 N–H and O–H groups in total. The summed E-state index contributed by atoms with van der Waals surface area (Å²) in [6.07, 6.45) is 0.911. The molecule has 0 aliphatic heterocycles. The highest BCUT2D eigenvalue weighted by molar-refractivity contribution is 5.69. The van der Waals surface area contributed by atoms with Crippen molar-refractivity contribution in [1.29, 1.82) is 0 Å². The van der Waals surface area contributed by atoms with Crippen LogP contribution >= 0.6 is 0 Å².